The fourth-order valence-electron chi connectivity index (χ4n) is 3.12. The maximum atomic E-state index is 9.25. The molecular weight excluding hydrogens is 356 g/mol. The van der Waals surface area contributed by atoms with Crippen LogP contribution >= 0.6 is 0 Å². The summed E-state index contributed by atoms with van der Waals surface area (Å²) >= 11 is 0. The molecule has 1 aliphatic heterocycles. The third-order valence-corrected chi connectivity index (χ3v) is 4.80. The molecular formula is C25H32N4. The van der Waals surface area contributed by atoms with Gasteiger partial charge in [-0.3, -0.25) is 0 Å². The molecule has 0 fully saturated rings. The van der Waals surface area contributed by atoms with Crippen molar-refractivity contribution >= 4 is 11.5 Å². The molecule has 1 aliphatic rings. The number of hydrogen-bond acceptors (Lipinski definition) is 4. The Morgan fingerprint density at radius 3 is 2.28 bits per heavy atom. The molecule has 29 heavy (non-hydrogen) atoms. The van der Waals surface area contributed by atoms with Crippen LogP contribution in [0.15, 0.2) is 70.9 Å². The predicted molar refractivity (Wildman–Crippen MR) is 123 cm³/mol. The zero-order valence-electron chi connectivity index (χ0n) is 18.0. The zero-order valence-corrected chi connectivity index (χ0v) is 18.0. The molecule has 1 atom stereocenters. The topological polar surface area (TPSA) is 60.2 Å². The molecule has 0 aliphatic carbocycles. The lowest BCUT2D eigenvalue weighted by Crippen LogP contribution is -2.30. The van der Waals surface area contributed by atoms with Crippen molar-refractivity contribution < 1.29 is 0 Å². The Balaban J connectivity index is 0.000000537. The van der Waals surface area contributed by atoms with E-state index in [4.69, 9.17) is 4.99 Å². The highest BCUT2D eigenvalue weighted by atomic mass is 15.2. The molecule has 0 amide bonds. The Labute approximate surface area is 175 Å². The van der Waals surface area contributed by atoms with Gasteiger partial charge >= 0.3 is 0 Å². The number of anilines is 1. The second-order valence-electron chi connectivity index (χ2n) is 7.03. The van der Waals surface area contributed by atoms with Gasteiger partial charge in [0.2, 0.25) is 0 Å². The molecule has 2 aromatic rings. The number of nitrogens with one attached hydrogen (secondary N) is 2. The summed E-state index contributed by atoms with van der Waals surface area (Å²) in [5.74, 6) is 0.789. The van der Waals surface area contributed by atoms with Gasteiger partial charge < -0.3 is 10.6 Å². The van der Waals surface area contributed by atoms with E-state index >= 15 is 0 Å². The maximum Gasteiger partial charge on any atom is 0.147 e. The Bertz CT molecular complexity index is 873. The molecule has 2 N–H and O–H groups in total. The van der Waals surface area contributed by atoms with Gasteiger partial charge in [0.15, 0.2) is 0 Å². The SMILES string of the molecule is CC/C(C#N)=C(\C)NC1=NC(c2ccccc2)Nc2ccccc21.CCCCC. The highest BCUT2D eigenvalue weighted by Crippen LogP contribution is 2.29. The van der Waals surface area contributed by atoms with Gasteiger partial charge in [0.05, 0.1) is 6.07 Å². The number of nitriles is 1. The number of rotatable bonds is 5. The van der Waals surface area contributed by atoms with Gasteiger partial charge in [-0.15, -0.1) is 0 Å². The van der Waals surface area contributed by atoms with Crippen LogP contribution in [0.4, 0.5) is 5.69 Å². The molecule has 0 saturated carbocycles. The summed E-state index contributed by atoms with van der Waals surface area (Å²) in [5, 5.41) is 16.1. The summed E-state index contributed by atoms with van der Waals surface area (Å²) < 4.78 is 0. The van der Waals surface area contributed by atoms with Crippen molar-refractivity contribution in [3.05, 3.63) is 77.0 Å². The maximum absolute atomic E-state index is 9.25. The van der Waals surface area contributed by atoms with Gasteiger partial charge in [0, 0.05) is 22.5 Å². The van der Waals surface area contributed by atoms with E-state index in [1.54, 1.807) is 0 Å². The Morgan fingerprint density at radius 1 is 1.03 bits per heavy atom. The van der Waals surface area contributed by atoms with Gasteiger partial charge in [-0.2, -0.15) is 5.26 Å². The van der Waals surface area contributed by atoms with Gasteiger partial charge in [0.25, 0.3) is 0 Å². The summed E-state index contributed by atoms with van der Waals surface area (Å²) in [6.07, 6.45) is 4.63. The molecule has 0 bridgehead atoms. The van der Waals surface area contributed by atoms with E-state index in [-0.39, 0.29) is 6.17 Å². The van der Waals surface area contributed by atoms with E-state index in [0.29, 0.717) is 6.42 Å². The molecule has 1 heterocycles. The van der Waals surface area contributed by atoms with Crippen LogP contribution in [0.5, 0.6) is 0 Å². The summed E-state index contributed by atoms with van der Waals surface area (Å²) in [7, 11) is 0. The predicted octanol–water partition coefficient (Wildman–Crippen LogP) is 6.55. The summed E-state index contributed by atoms with van der Waals surface area (Å²) in [6, 6.07) is 20.5. The lowest BCUT2D eigenvalue weighted by atomic mass is 10.1. The van der Waals surface area contributed by atoms with E-state index in [1.807, 2.05) is 56.3 Å². The van der Waals surface area contributed by atoms with Gasteiger partial charge in [-0.1, -0.05) is 82.5 Å². The minimum atomic E-state index is -0.149. The highest BCUT2D eigenvalue weighted by molar-refractivity contribution is 6.05. The molecule has 0 saturated heterocycles. The van der Waals surface area contributed by atoms with E-state index in [0.717, 1.165) is 33.9 Å². The monoisotopic (exact) mass is 388 g/mol. The molecule has 0 radical (unpaired) electrons. The average Bonchev–Trinajstić information content (AvgIpc) is 2.76. The Hall–Kier alpha value is -3.06. The highest BCUT2D eigenvalue weighted by Gasteiger charge is 2.21. The first kappa shape index (κ1) is 22.2. The largest absolute Gasteiger partial charge is 0.359 e. The number of nitrogens with zero attached hydrogens (tertiary/aromatic N) is 2. The number of amidine groups is 1. The third kappa shape index (κ3) is 6.22. The third-order valence-electron chi connectivity index (χ3n) is 4.80. The van der Waals surface area contributed by atoms with E-state index < -0.39 is 0 Å². The zero-order chi connectivity index (χ0) is 21.1. The number of aliphatic imine (C=N–C) groups is 1. The molecule has 0 aromatic heterocycles. The Morgan fingerprint density at radius 2 is 1.69 bits per heavy atom. The second kappa shape index (κ2) is 11.7. The van der Waals surface area contributed by atoms with Gasteiger partial charge in [0.1, 0.15) is 12.0 Å². The van der Waals surface area contributed by atoms with Crippen LogP contribution in [0.3, 0.4) is 0 Å². The van der Waals surface area contributed by atoms with Crippen molar-refractivity contribution in [3.63, 3.8) is 0 Å². The first-order valence-corrected chi connectivity index (χ1v) is 10.5. The number of allylic oxidation sites excluding steroid dienone is 2. The van der Waals surface area contributed by atoms with Crippen LogP contribution in [0.25, 0.3) is 0 Å². The molecule has 152 valence electrons. The van der Waals surface area contributed by atoms with Crippen LogP contribution in [0.1, 0.15) is 70.7 Å². The van der Waals surface area contributed by atoms with Crippen LogP contribution in [-0.2, 0) is 0 Å². The summed E-state index contributed by atoms with van der Waals surface area (Å²) in [5.41, 5.74) is 4.74. The number of benzene rings is 2. The van der Waals surface area contributed by atoms with Crippen LogP contribution < -0.4 is 10.6 Å². The quantitative estimate of drug-likeness (QED) is 0.571. The van der Waals surface area contributed by atoms with Crippen molar-refractivity contribution in [1.29, 1.82) is 5.26 Å². The van der Waals surface area contributed by atoms with Gasteiger partial charge in [-0.25, -0.2) is 4.99 Å². The lowest BCUT2D eigenvalue weighted by molar-refractivity contribution is 0.772. The molecule has 4 heteroatoms. The van der Waals surface area contributed by atoms with Gasteiger partial charge in [-0.05, 0) is 31.0 Å². The minimum absolute atomic E-state index is 0.149. The standard InChI is InChI=1S/C20H20N4.C5H12/c1-3-15(13-21)14(2)22-20-17-11-7-8-12-18(17)23-19(24-20)16-9-5-4-6-10-16;1-3-5-4-2/h4-12,19,23H,3H2,1-2H3,(H,22,24);3-5H2,1-2H3/b15-14-;. The van der Waals surface area contributed by atoms with Crippen molar-refractivity contribution in [2.75, 3.05) is 5.32 Å². The average molecular weight is 389 g/mol. The van der Waals surface area contributed by atoms with E-state index in [9.17, 15) is 5.26 Å². The van der Waals surface area contributed by atoms with Crippen molar-refractivity contribution in [3.8, 4) is 6.07 Å². The molecule has 1 unspecified atom stereocenters. The van der Waals surface area contributed by atoms with Crippen LogP contribution in [0.2, 0.25) is 0 Å². The minimum Gasteiger partial charge on any atom is -0.359 e. The Kier molecular flexibility index (Phi) is 8.98. The fraction of sp³-hybridized carbons (Fsp3) is 0.360. The number of fused-ring (bicyclic) bond motifs is 1. The first-order valence-electron chi connectivity index (χ1n) is 10.5. The summed E-state index contributed by atoms with van der Waals surface area (Å²) in [6.45, 7) is 8.33. The van der Waals surface area contributed by atoms with Crippen molar-refractivity contribution in [2.24, 2.45) is 4.99 Å². The molecule has 3 rings (SSSR count). The molecule has 2 aromatic carbocycles. The normalized spacial score (nSPS) is 15.4. The fourth-order valence-corrected chi connectivity index (χ4v) is 3.12. The number of para-hydroxylation sites is 1. The number of unbranched alkanes of at least 4 members (excludes halogenated alkanes) is 2. The lowest BCUT2D eigenvalue weighted by Gasteiger charge is -2.26. The molecule has 0 spiro atoms. The van der Waals surface area contributed by atoms with Crippen molar-refractivity contribution in [2.45, 2.75) is 59.5 Å². The first-order chi connectivity index (χ1) is 14.1. The number of hydrogen-bond donors (Lipinski definition) is 2. The van der Waals surface area contributed by atoms with E-state index in [1.165, 1.54) is 19.3 Å². The summed E-state index contributed by atoms with van der Waals surface area (Å²) in [4.78, 5) is 4.84. The van der Waals surface area contributed by atoms with Crippen LogP contribution in [-0.4, -0.2) is 5.84 Å². The molecule has 4 nitrogen and oxygen atoms in total. The van der Waals surface area contributed by atoms with E-state index in [2.05, 4.69) is 42.7 Å². The van der Waals surface area contributed by atoms with Crippen molar-refractivity contribution in [1.82, 2.24) is 5.32 Å². The van der Waals surface area contributed by atoms with Crippen LogP contribution in [0, 0.1) is 11.3 Å². The smallest absolute Gasteiger partial charge is 0.147 e. The second-order valence-corrected chi connectivity index (χ2v) is 7.03.